The van der Waals surface area contributed by atoms with Gasteiger partial charge >= 0.3 is 0 Å². The lowest BCUT2D eigenvalue weighted by Gasteiger charge is -2.04. The van der Waals surface area contributed by atoms with Crippen LogP contribution in [0.15, 0.2) is 0 Å². The lowest BCUT2D eigenvalue weighted by Crippen LogP contribution is -1.89. The fourth-order valence-corrected chi connectivity index (χ4v) is 5.80. The van der Waals surface area contributed by atoms with Gasteiger partial charge < -0.3 is 0 Å². The van der Waals surface area contributed by atoms with Crippen LogP contribution in [0.4, 0.5) is 0 Å². The summed E-state index contributed by atoms with van der Waals surface area (Å²) in [5.41, 5.74) is 0. The lowest BCUT2D eigenvalue weighted by molar-refractivity contribution is 0.703. The van der Waals surface area contributed by atoms with E-state index < -0.39 is 0 Å². The topological polar surface area (TPSA) is 0 Å². The molecule has 0 spiro atoms. The van der Waals surface area contributed by atoms with Gasteiger partial charge in [0.25, 0.3) is 0 Å². The molecule has 0 aromatic rings. The molecule has 0 aromatic heterocycles. The Morgan fingerprint density at radius 2 is 0.560 bits per heavy atom. The average Bonchev–Trinajstić information content (AvgIpc) is 2.63. The molecular formula is C22H46S3. The smallest absolute Gasteiger partial charge is 0.00675 e. The van der Waals surface area contributed by atoms with Crippen molar-refractivity contribution in [2.24, 2.45) is 0 Å². The van der Waals surface area contributed by atoms with Gasteiger partial charge in [-0.3, -0.25) is 0 Å². The highest BCUT2D eigenvalue weighted by Crippen LogP contribution is 2.15. The van der Waals surface area contributed by atoms with Gasteiger partial charge in [-0.1, -0.05) is 65.2 Å². The zero-order valence-corrected chi connectivity index (χ0v) is 19.8. The highest BCUT2D eigenvalue weighted by atomic mass is 32.2. The maximum absolute atomic E-state index is 2.29. The fourth-order valence-electron chi connectivity index (χ4n) is 2.74. The Balaban J connectivity index is 2.94. The molecule has 0 atom stereocenters. The van der Waals surface area contributed by atoms with Gasteiger partial charge in [-0.2, -0.15) is 35.3 Å². The van der Waals surface area contributed by atoms with E-state index >= 15 is 0 Å². The first-order chi connectivity index (χ1) is 12.4. The lowest BCUT2D eigenvalue weighted by atomic mass is 10.2. The van der Waals surface area contributed by atoms with Crippen LogP contribution in [0.1, 0.15) is 104 Å². The predicted octanol–water partition coefficient (Wildman–Crippen LogP) is 8.69. The Bertz CT molecular complexity index is 199. The van der Waals surface area contributed by atoms with Crippen molar-refractivity contribution in [2.45, 2.75) is 104 Å². The molecule has 0 nitrogen and oxygen atoms in total. The number of hydrogen-bond acceptors (Lipinski definition) is 3. The summed E-state index contributed by atoms with van der Waals surface area (Å²) in [5.74, 6) is 8.37. The van der Waals surface area contributed by atoms with Gasteiger partial charge in [0, 0.05) is 0 Å². The Morgan fingerprint density at radius 3 is 0.800 bits per heavy atom. The van der Waals surface area contributed by atoms with Crippen LogP contribution in [0.2, 0.25) is 0 Å². The summed E-state index contributed by atoms with van der Waals surface area (Å²) in [4.78, 5) is 0. The maximum atomic E-state index is 2.29. The average molecular weight is 407 g/mol. The van der Waals surface area contributed by atoms with E-state index in [-0.39, 0.29) is 0 Å². The van der Waals surface area contributed by atoms with Crippen molar-refractivity contribution in [3.05, 3.63) is 0 Å². The van der Waals surface area contributed by atoms with Crippen LogP contribution in [0.3, 0.4) is 0 Å². The monoisotopic (exact) mass is 406 g/mol. The van der Waals surface area contributed by atoms with E-state index in [1.54, 1.807) is 0 Å². The van der Waals surface area contributed by atoms with Gasteiger partial charge in [-0.15, -0.1) is 0 Å². The summed E-state index contributed by atoms with van der Waals surface area (Å²) in [6.45, 7) is 4.58. The zero-order chi connectivity index (χ0) is 18.3. The van der Waals surface area contributed by atoms with Crippen molar-refractivity contribution in [1.82, 2.24) is 0 Å². The summed E-state index contributed by atoms with van der Waals surface area (Å²) in [6, 6.07) is 0. The number of unbranched alkanes of at least 4 members (excludes halogenated alkanes) is 10. The molecule has 25 heavy (non-hydrogen) atoms. The molecule has 0 fully saturated rings. The van der Waals surface area contributed by atoms with E-state index in [0.717, 1.165) is 0 Å². The third kappa shape index (κ3) is 25.1. The van der Waals surface area contributed by atoms with Crippen LogP contribution < -0.4 is 0 Å². The first-order valence-corrected chi connectivity index (χ1v) is 14.6. The van der Waals surface area contributed by atoms with Gasteiger partial charge in [0.05, 0.1) is 0 Å². The highest BCUT2D eigenvalue weighted by Gasteiger charge is 1.95. The second kappa shape index (κ2) is 25.1. The van der Waals surface area contributed by atoms with Crippen LogP contribution in [0.25, 0.3) is 0 Å². The van der Waals surface area contributed by atoms with E-state index in [0.29, 0.717) is 0 Å². The van der Waals surface area contributed by atoms with Gasteiger partial charge in [0.1, 0.15) is 0 Å². The van der Waals surface area contributed by atoms with Crippen molar-refractivity contribution >= 4 is 35.3 Å². The second-order valence-electron chi connectivity index (χ2n) is 7.08. The number of hydrogen-bond donors (Lipinski definition) is 0. The van der Waals surface area contributed by atoms with Crippen molar-refractivity contribution in [1.29, 1.82) is 0 Å². The van der Waals surface area contributed by atoms with Crippen LogP contribution in [-0.4, -0.2) is 34.5 Å². The minimum atomic E-state index is 1.36. The third-order valence-corrected chi connectivity index (χ3v) is 7.90. The molecule has 0 aliphatic rings. The molecule has 0 aliphatic heterocycles. The zero-order valence-electron chi connectivity index (χ0n) is 17.4. The van der Waals surface area contributed by atoms with E-state index in [9.17, 15) is 0 Å². The Labute approximate surface area is 173 Å². The Kier molecular flexibility index (Phi) is 26.1. The molecule has 0 saturated heterocycles. The molecule has 0 amide bonds. The summed E-state index contributed by atoms with van der Waals surface area (Å²) >= 11 is 6.55. The molecule has 0 radical (unpaired) electrons. The Hall–Kier alpha value is 1.05. The van der Waals surface area contributed by atoms with Gasteiger partial charge in [0.2, 0.25) is 0 Å². The van der Waals surface area contributed by atoms with E-state index in [4.69, 9.17) is 0 Å². The molecule has 3 heteroatoms. The third-order valence-electron chi connectivity index (χ3n) is 4.44. The molecule has 0 heterocycles. The van der Waals surface area contributed by atoms with E-state index in [1.807, 2.05) is 0 Å². The molecule has 0 saturated carbocycles. The van der Waals surface area contributed by atoms with E-state index in [2.05, 4.69) is 49.1 Å². The second-order valence-corrected chi connectivity index (χ2v) is 10.8. The van der Waals surface area contributed by atoms with Gasteiger partial charge in [0.15, 0.2) is 0 Å². The first-order valence-electron chi connectivity index (χ1n) is 11.1. The normalized spacial score (nSPS) is 11.3. The minimum absolute atomic E-state index is 1.36. The first kappa shape index (κ1) is 26.1. The standard InChI is InChI=1S/C22H46S3/c1-3-5-11-17-23-19-13-7-9-15-21-25-22-16-10-8-14-20-24-18-12-6-4-2/h3-22H2,1-2H3. The quantitative estimate of drug-likeness (QED) is 0.165. The largest absolute Gasteiger partial charge is 0.162 e. The molecular weight excluding hydrogens is 360 g/mol. The molecule has 0 rings (SSSR count). The molecule has 0 bridgehead atoms. The summed E-state index contributed by atoms with van der Waals surface area (Å²) in [7, 11) is 0. The van der Waals surface area contributed by atoms with Gasteiger partial charge in [-0.05, 0) is 73.0 Å². The van der Waals surface area contributed by atoms with Crippen molar-refractivity contribution in [2.75, 3.05) is 34.5 Å². The summed E-state index contributed by atoms with van der Waals surface area (Å²) in [5, 5.41) is 0. The predicted molar refractivity (Wildman–Crippen MR) is 128 cm³/mol. The van der Waals surface area contributed by atoms with Crippen molar-refractivity contribution in [3.8, 4) is 0 Å². The molecule has 0 aliphatic carbocycles. The number of thioether (sulfide) groups is 3. The fraction of sp³-hybridized carbons (Fsp3) is 1.00. The molecule has 0 unspecified atom stereocenters. The van der Waals surface area contributed by atoms with Crippen molar-refractivity contribution < 1.29 is 0 Å². The SMILES string of the molecule is CCCCCSCCCCCCSCCCCCCSCCCCC. The van der Waals surface area contributed by atoms with E-state index in [1.165, 1.54) is 124 Å². The maximum Gasteiger partial charge on any atom is -0.00675 e. The Morgan fingerprint density at radius 1 is 0.320 bits per heavy atom. The minimum Gasteiger partial charge on any atom is -0.162 e. The number of rotatable bonds is 22. The van der Waals surface area contributed by atoms with Crippen LogP contribution in [-0.2, 0) is 0 Å². The highest BCUT2D eigenvalue weighted by molar-refractivity contribution is 7.99. The van der Waals surface area contributed by atoms with Crippen LogP contribution >= 0.6 is 35.3 Å². The van der Waals surface area contributed by atoms with Crippen LogP contribution in [0.5, 0.6) is 0 Å². The van der Waals surface area contributed by atoms with Crippen molar-refractivity contribution in [3.63, 3.8) is 0 Å². The molecule has 0 aromatic carbocycles. The summed E-state index contributed by atoms with van der Waals surface area (Å²) < 4.78 is 0. The molecule has 0 N–H and O–H groups in total. The molecule has 152 valence electrons. The van der Waals surface area contributed by atoms with Gasteiger partial charge in [-0.25, -0.2) is 0 Å². The summed E-state index contributed by atoms with van der Waals surface area (Å²) in [6.07, 6.45) is 20.0. The van der Waals surface area contributed by atoms with Crippen LogP contribution in [0, 0.1) is 0 Å².